The number of rotatable bonds is 6. The van der Waals surface area contributed by atoms with Crippen LogP contribution in [0.1, 0.15) is 22.7 Å². The van der Waals surface area contributed by atoms with E-state index in [0.29, 0.717) is 6.54 Å². The Kier molecular flexibility index (Phi) is 5.81. The predicted octanol–water partition coefficient (Wildman–Crippen LogP) is 3.96. The number of hydrogen-bond donors (Lipinski definition) is 1. The first-order valence-corrected chi connectivity index (χ1v) is 8.50. The molecule has 1 heterocycles. The molecule has 0 saturated carbocycles. The molecule has 0 bridgehead atoms. The monoisotopic (exact) mass is 368 g/mol. The lowest BCUT2D eigenvalue weighted by Gasteiger charge is -2.27. The highest BCUT2D eigenvalue weighted by Crippen LogP contribution is 2.27. The zero-order valence-corrected chi connectivity index (χ0v) is 15.0. The lowest BCUT2D eigenvalue weighted by molar-refractivity contribution is 0.242. The van der Waals surface area contributed by atoms with Gasteiger partial charge in [-0.3, -0.25) is 4.90 Å². The van der Waals surface area contributed by atoms with Crippen LogP contribution in [-0.2, 0) is 6.54 Å². The van der Waals surface area contributed by atoms with Crippen LogP contribution < -0.4 is 10.5 Å². The Morgan fingerprint density at radius 2 is 2.14 bits per heavy atom. The minimum absolute atomic E-state index is 0.202. The van der Waals surface area contributed by atoms with E-state index in [0.717, 1.165) is 21.6 Å². The number of benzene rings is 1. The molecule has 0 aliphatic heterocycles. The number of ether oxygens (including phenoxy) is 1. The van der Waals surface area contributed by atoms with E-state index in [1.807, 2.05) is 6.07 Å². The van der Waals surface area contributed by atoms with Crippen LogP contribution in [0.2, 0.25) is 0 Å². The van der Waals surface area contributed by atoms with E-state index in [9.17, 15) is 0 Å². The molecule has 0 saturated heterocycles. The van der Waals surface area contributed by atoms with E-state index in [1.54, 1.807) is 18.4 Å². The molecule has 2 aromatic rings. The molecule has 1 unspecified atom stereocenters. The van der Waals surface area contributed by atoms with Crippen LogP contribution in [0.3, 0.4) is 0 Å². The second-order valence-electron chi connectivity index (χ2n) is 5.15. The third-order valence-electron chi connectivity index (χ3n) is 3.61. The molecular weight excluding hydrogens is 348 g/mol. The van der Waals surface area contributed by atoms with Crippen LogP contribution in [0, 0.1) is 6.92 Å². The smallest absolute Gasteiger partial charge is 0.121 e. The van der Waals surface area contributed by atoms with Crippen molar-refractivity contribution >= 4 is 27.3 Å². The Labute approximate surface area is 138 Å². The van der Waals surface area contributed by atoms with E-state index in [4.69, 9.17) is 10.5 Å². The second kappa shape index (κ2) is 7.40. The molecule has 3 nitrogen and oxygen atoms in total. The van der Waals surface area contributed by atoms with Crippen LogP contribution in [0.25, 0.3) is 0 Å². The average Bonchev–Trinajstić information content (AvgIpc) is 2.85. The van der Waals surface area contributed by atoms with Gasteiger partial charge in [0.15, 0.2) is 0 Å². The van der Waals surface area contributed by atoms with E-state index in [1.165, 1.54) is 11.1 Å². The van der Waals surface area contributed by atoms with Crippen LogP contribution >= 0.6 is 27.3 Å². The van der Waals surface area contributed by atoms with Gasteiger partial charge in [0.2, 0.25) is 0 Å². The van der Waals surface area contributed by atoms with Gasteiger partial charge >= 0.3 is 0 Å². The van der Waals surface area contributed by atoms with Crippen molar-refractivity contribution < 1.29 is 4.74 Å². The maximum absolute atomic E-state index is 6.01. The molecule has 0 aliphatic rings. The first-order chi connectivity index (χ1) is 10.0. The Morgan fingerprint density at radius 3 is 2.67 bits per heavy atom. The Morgan fingerprint density at radius 1 is 1.38 bits per heavy atom. The fourth-order valence-electron chi connectivity index (χ4n) is 2.51. The standard InChI is InChI=1S/C16H21BrN2OS/c1-11-6-13(4-5-15(11)20-3)14(8-18)19(2)9-12-7-16(17)21-10-12/h4-7,10,14H,8-9,18H2,1-3H3. The number of nitrogens with zero attached hydrogens (tertiary/aromatic N) is 1. The molecule has 2 rings (SSSR count). The summed E-state index contributed by atoms with van der Waals surface area (Å²) >= 11 is 5.22. The summed E-state index contributed by atoms with van der Waals surface area (Å²) in [5.41, 5.74) is 9.68. The zero-order valence-electron chi connectivity index (χ0n) is 12.6. The Bertz CT molecular complexity index is 600. The maximum Gasteiger partial charge on any atom is 0.121 e. The first-order valence-electron chi connectivity index (χ1n) is 6.83. The summed E-state index contributed by atoms with van der Waals surface area (Å²) in [6.07, 6.45) is 0. The second-order valence-corrected chi connectivity index (χ2v) is 7.45. The van der Waals surface area contributed by atoms with Gasteiger partial charge in [-0.15, -0.1) is 11.3 Å². The fraction of sp³-hybridized carbons (Fsp3) is 0.375. The number of thiophene rings is 1. The topological polar surface area (TPSA) is 38.5 Å². The van der Waals surface area contributed by atoms with Crippen LogP contribution in [0.15, 0.2) is 33.4 Å². The molecule has 0 fully saturated rings. The van der Waals surface area contributed by atoms with Crippen LogP contribution in [0.5, 0.6) is 5.75 Å². The molecule has 1 aromatic heterocycles. The highest BCUT2D eigenvalue weighted by atomic mass is 79.9. The van der Waals surface area contributed by atoms with Gasteiger partial charge in [-0.25, -0.2) is 0 Å². The van der Waals surface area contributed by atoms with Crippen molar-refractivity contribution in [1.82, 2.24) is 4.90 Å². The average molecular weight is 369 g/mol. The fourth-order valence-corrected chi connectivity index (χ4v) is 3.71. The molecule has 0 radical (unpaired) electrons. The van der Waals surface area contributed by atoms with Gasteiger partial charge in [-0.1, -0.05) is 12.1 Å². The van der Waals surface area contributed by atoms with Gasteiger partial charge in [0.1, 0.15) is 5.75 Å². The van der Waals surface area contributed by atoms with Crippen molar-refractivity contribution in [3.8, 4) is 5.75 Å². The number of hydrogen-bond acceptors (Lipinski definition) is 4. The molecule has 1 atom stereocenters. The van der Waals surface area contributed by atoms with Crippen molar-refractivity contribution in [1.29, 1.82) is 0 Å². The SMILES string of the molecule is COc1ccc(C(CN)N(C)Cc2csc(Br)c2)cc1C. The molecule has 5 heteroatoms. The van der Waals surface area contributed by atoms with E-state index >= 15 is 0 Å². The molecule has 2 N–H and O–H groups in total. The van der Waals surface area contributed by atoms with Crippen molar-refractivity contribution in [2.24, 2.45) is 5.73 Å². The maximum atomic E-state index is 6.01. The summed E-state index contributed by atoms with van der Waals surface area (Å²) < 4.78 is 6.49. The van der Waals surface area contributed by atoms with Crippen LogP contribution in [-0.4, -0.2) is 25.6 Å². The van der Waals surface area contributed by atoms with Gasteiger partial charge in [0, 0.05) is 19.1 Å². The van der Waals surface area contributed by atoms with Gasteiger partial charge in [0.25, 0.3) is 0 Å². The van der Waals surface area contributed by atoms with Gasteiger partial charge in [-0.2, -0.15) is 0 Å². The molecule has 21 heavy (non-hydrogen) atoms. The van der Waals surface area contributed by atoms with Gasteiger partial charge in [-0.05, 0) is 64.1 Å². The minimum Gasteiger partial charge on any atom is -0.496 e. The summed E-state index contributed by atoms with van der Waals surface area (Å²) in [4.78, 5) is 2.29. The molecule has 0 amide bonds. The normalized spacial score (nSPS) is 12.7. The largest absolute Gasteiger partial charge is 0.496 e. The summed E-state index contributed by atoms with van der Waals surface area (Å²) in [5.74, 6) is 0.916. The number of halogens is 1. The predicted molar refractivity (Wildman–Crippen MR) is 93.0 cm³/mol. The van der Waals surface area contributed by atoms with E-state index in [2.05, 4.69) is 58.4 Å². The van der Waals surface area contributed by atoms with Gasteiger partial charge in [0.05, 0.1) is 10.9 Å². The highest BCUT2D eigenvalue weighted by Gasteiger charge is 2.17. The first kappa shape index (κ1) is 16.5. The number of methoxy groups -OCH3 is 1. The summed E-state index contributed by atoms with van der Waals surface area (Å²) in [7, 11) is 3.81. The molecule has 0 aliphatic carbocycles. The molecule has 1 aromatic carbocycles. The lowest BCUT2D eigenvalue weighted by Crippen LogP contribution is -2.30. The minimum atomic E-state index is 0.202. The summed E-state index contributed by atoms with van der Waals surface area (Å²) in [6.45, 7) is 3.54. The van der Waals surface area contributed by atoms with Crippen LogP contribution in [0.4, 0.5) is 0 Å². The third kappa shape index (κ3) is 4.07. The van der Waals surface area contributed by atoms with E-state index < -0.39 is 0 Å². The number of likely N-dealkylation sites (N-methyl/N-ethyl adjacent to an activating group) is 1. The van der Waals surface area contributed by atoms with Crippen molar-refractivity contribution in [2.75, 3.05) is 20.7 Å². The molecule has 114 valence electrons. The third-order valence-corrected chi connectivity index (χ3v) is 5.17. The van der Waals surface area contributed by atoms with Crippen molar-refractivity contribution in [3.05, 3.63) is 50.1 Å². The van der Waals surface area contributed by atoms with E-state index in [-0.39, 0.29) is 6.04 Å². The Balaban J connectivity index is 2.16. The lowest BCUT2D eigenvalue weighted by atomic mass is 10.0. The summed E-state index contributed by atoms with van der Waals surface area (Å²) in [5, 5.41) is 2.17. The van der Waals surface area contributed by atoms with Crippen molar-refractivity contribution in [2.45, 2.75) is 19.5 Å². The Hall–Kier alpha value is -0.880. The molecular formula is C16H21BrN2OS. The zero-order chi connectivity index (χ0) is 15.4. The summed E-state index contributed by atoms with van der Waals surface area (Å²) in [6, 6.07) is 8.64. The van der Waals surface area contributed by atoms with Crippen molar-refractivity contribution in [3.63, 3.8) is 0 Å². The van der Waals surface area contributed by atoms with Gasteiger partial charge < -0.3 is 10.5 Å². The number of nitrogens with two attached hydrogens (primary N) is 1. The molecule has 0 spiro atoms. The highest BCUT2D eigenvalue weighted by molar-refractivity contribution is 9.11. The number of aryl methyl sites for hydroxylation is 1. The quantitative estimate of drug-likeness (QED) is 0.838.